The Bertz CT molecular complexity index is 402. The van der Waals surface area contributed by atoms with Crippen molar-refractivity contribution in [1.82, 2.24) is 5.32 Å². The Hall–Kier alpha value is -2.04. The van der Waals surface area contributed by atoms with Gasteiger partial charge in [-0.3, -0.25) is 9.59 Å². The number of esters is 1. The molecule has 0 aliphatic carbocycles. The summed E-state index contributed by atoms with van der Waals surface area (Å²) >= 11 is 0. The fourth-order valence-corrected chi connectivity index (χ4v) is 1.04. The van der Waals surface area contributed by atoms with E-state index in [-0.39, 0.29) is 12.5 Å². The second-order valence-electron chi connectivity index (χ2n) is 3.72. The van der Waals surface area contributed by atoms with Gasteiger partial charge >= 0.3 is 5.97 Å². The first-order chi connectivity index (χ1) is 8.42. The minimum Gasteiger partial charge on any atom is -0.468 e. The van der Waals surface area contributed by atoms with Crippen LogP contribution in [-0.4, -0.2) is 25.5 Å². The number of methoxy groups -OCH3 is 1. The lowest BCUT2D eigenvalue weighted by Gasteiger charge is -2.05. The van der Waals surface area contributed by atoms with Crippen molar-refractivity contribution in [3.05, 3.63) is 35.1 Å². The van der Waals surface area contributed by atoms with Gasteiger partial charge in [-0.25, -0.2) is 0 Å². The van der Waals surface area contributed by atoms with Crippen LogP contribution in [0.5, 0.6) is 0 Å². The van der Waals surface area contributed by atoms with Crippen LogP contribution in [0.25, 0.3) is 0 Å². The molecule has 0 radical (unpaired) electrons. The van der Waals surface area contributed by atoms with Crippen molar-refractivity contribution in [3.8, 4) is 0 Å². The van der Waals surface area contributed by atoms with Crippen LogP contribution in [-0.2, 0) is 14.3 Å². The minimum atomic E-state index is -0.495. The maximum atomic E-state index is 11.8. The number of ether oxygens (including phenoxy) is 1. The third kappa shape index (κ3) is 5.89. The highest BCUT2D eigenvalue weighted by atomic mass is 16.5. The lowest BCUT2D eigenvalue weighted by atomic mass is 10.1. The molecule has 0 heterocycles. The Kier molecular flexibility index (Phi) is 7.19. The standard InChI is InChI=1S/C13H20N2O3/c1-5-6-11(7-9(2)10(3)14)13(17)15-8-12(16)18-4/h5-7H,8,14H2,1-4H3,(H,15,17)/b6-5-,10-9+,11-7+. The van der Waals surface area contributed by atoms with Crippen molar-refractivity contribution in [3.63, 3.8) is 0 Å². The monoisotopic (exact) mass is 252 g/mol. The Labute approximate surface area is 107 Å². The van der Waals surface area contributed by atoms with Crippen molar-refractivity contribution in [2.75, 3.05) is 13.7 Å². The number of nitrogens with one attached hydrogen (secondary N) is 1. The van der Waals surface area contributed by atoms with Gasteiger partial charge in [-0.15, -0.1) is 0 Å². The lowest BCUT2D eigenvalue weighted by molar-refractivity contribution is -0.140. The number of nitrogens with two attached hydrogens (primary N) is 1. The van der Waals surface area contributed by atoms with Crippen LogP contribution in [0.4, 0.5) is 0 Å². The van der Waals surface area contributed by atoms with E-state index < -0.39 is 5.97 Å². The first kappa shape index (κ1) is 16.0. The van der Waals surface area contributed by atoms with E-state index in [1.165, 1.54) is 7.11 Å². The van der Waals surface area contributed by atoms with E-state index in [0.29, 0.717) is 11.3 Å². The van der Waals surface area contributed by atoms with E-state index in [2.05, 4.69) is 10.1 Å². The molecule has 5 nitrogen and oxygen atoms in total. The van der Waals surface area contributed by atoms with Gasteiger partial charge in [-0.1, -0.05) is 12.2 Å². The molecular weight excluding hydrogens is 232 g/mol. The summed E-state index contributed by atoms with van der Waals surface area (Å²) in [4.78, 5) is 22.7. The van der Waals surface area contributed by atoms with E-state index in [1.807, 2.05) is 6.92 Å². The average molecular weight is 252 g/mol. The predicted octanol–water partition coefficient (Wildman–Crippen LogP) is 1.03. The van der Waals surface area contributed by atoms with Gasteiger partial charge in [0.05, 0.1) is 7.11 Å². The zero-order valence-corrected chi connectivity index (χ0v) is 11.2. The summed E-state index contributed by atoms with van der Waals surface area (Å²) in [5, 5.41) is 2.47. The second-order valence-corrected chi connectivity index (χ2v) is 3.72. The van der Waals surface area contributed by atoms with Gasteiger partial charge in [0.2, 0.25) is 0 Å². The Morgan fingerprint density at radius 2 is 1.94 bits per heavy atom. The molecule has 0 aromatic carbocycles. The van der Waals surface area contributed by atoms with Crippen molar-refractivity contribution in [2.24, 2.45) is 5.73 Å². The van der Waals surface area contributed by atoms with E-state index in [4.69, 9.17) is 5.73 Å². The Morgan fingerprint density at radius 3 is 2.39 bits per heavy atom. The molecule has 0 saturated carbocycles. The van der Waals surface area contributed by atoms with Gasteiger partial charge in [0.1, 0.15) is 6.54 Å². The highest BCUT2D eigenvalue weighted by Crippen LogP contribution is 2.06. The third-order valence-electron chi connectivity index (χ3n) is 2.22. The number of carbonyl (C=O) groups is 2. The Morgan fingerprint density at radius 1 is 1.33 bits per heavy atom. The fraction of sp³-hybridized carbons (Fsp3) is 0.385. The SMILES string of the molecule is C\C=C/C(=C\C(C)=C(/C)N)C(=O)NCC(=O)OC. The van der Waals surface area contributed by atoms with E-state index in [1.54, 1.807) is 32.1 Å². The number of amides is 1. The number of hydrogen-bond acceptors (Lipinski definition) is 4. The molecule has 0 aromatic heterocycles. The smallest absolute Gasteiger partial charge is 0.325 e. The third-order valence-corrected chi connectivity index (χ3v) is 2.22. The molecule has 0 saturated heterocycles. The molecule has 0 unspecified atom stereocenters. The highest BCUT2D eigenvalue weighted by Gasteiger charge is 2.08. The number of carbonyl (C=O) groups excluding carboxylic acids is 2. The predicted molar refractivity (Wildman–Crippen MR) is 70.5 cm³/mol. The van der Waals surface area contributed by atoms with E-state index in [0.717, 1.165) is 5.57 Å². The van der Waals surface area contributed by atoms with Gasteiger partial charge < -0.3 is 15.8 Å². The summed E-state index contributed by atoms with van der Waals surface area (Å²) in [6.45, 7) is 5.21. The van der Waals surface area contributed by atoms with Crippen LogP contribution in [0, 0.1) is 0 Å². The number of allylic oxidation sites excluding steroid dienone is 4. The summed E-state index contributed by atoms with van der Waals surface area (Å²) in [5.41, 5.74) is 7.50. The first-order valence-corrected chi connectivity index (χ1v) is 5.54. The summed E-state index contributed by atoms with van der Waals surface area (Å²) in [6, 6.07) is 0. The molecule has 0 spiro atoms. The molecule has 100 valence electrons. The van der Waals surface area contributed by atoms with E-state index >= 15 is 0 Å². The quantitative estimate of drug-likeness (QED) is 0.435. The second kappa shape index (κ2) is 8.11. The summed E-state index contributed by atoms with van der Waals surface area (Å²) in [5.74, 6) is -0.843. The van der Waals surface area contributed by atoms with Crippen LogP contribution in [0.1, 0.15) is 20.8 Å². The van der Waals surface area contributed by atoms with Crippen molar-refractivity contribution in [1.29, 1.82) is 0 Å². The zero-order chi connectivity index (χ0) is 14.1. The molecule has 0 atom stereocenters. The maximum absolute atomic E-state index is 11.8. The van der Waals surface area contributed by atoms with Crippen LogP contribution in [0.15, 0.2) is 35.1 Å². The fourth-order valence-electron chi connectivity index (χ4n) is 1.04. The largest absolute Gasteiger partial charge is 0.468 e. The summed E-state index contributed by atoms with van der Waals surface area (Å²) in [6.07, 6.45) is 5.06. The van der Waals surface area contributed by atoms with Crippen LogP contribution in [0.2, 0.25) is 0 Å². The highest BCUT2D eigenvalue weighted by molar-refractivity contribution is 5.98. The molecule has 0 rings (SSSR count). The molecule has 0 aliphatic rings. The van der Waals surface area contributed by atoms with Crippen LogP contribution >= 0.6 is 0 Å². The van der Waals surface area contributed by atoms with Gasteiger partial charge in [-0.05, 0) is 32.4 Å². The van der Waals surface area contributed by atoms with Crippen molar-refractivity contribution < 1.29 is 14.3 Å². The molecule has 1 amide bonds. The first-order valence-electron chi connectivity index (χ1n) is 5.54. The minimum absolute atomic E-state index is 0.158. The molecule has 18 heavy (non-hydrogen) atoms. The summed E-state index contributed by atoms with van der Waals surface area (Å²) < 4.78 is 4.44. The Balaban J connectivity index is 4.87. The molecule has 0 aromatic rings. The van der Waals surface area contributed by atoms with Crippen molar-refractivity contribution in [2.45, 2.75) is 20.8 Å². The van der Waals surface area contributed by atoms with Gasteiger partial charge in [0.15, 0.2) is 0 Å². The van der Waals surface area contributed by atoms with E-state index in [9.17, 15) is 9.59 Å². The normalized spacial score (nSPS) is 13.2. The average Bonchev–Trinajstić information content (AvgIpc) is 2.34. The van der Waals surface area contributed by atoms with Crippen LogP contribution in [0.3, 0.4) is 0 Å². The van der Waals surface area contributed by atoms with Crippen molar-refractivity contribution >= 4 is 11.9 Å². The topological polar surface area (TPSA) is 81.4 Å². The van der Waals surface area contributed by atoms with Crippen LogP contribution < -0.4 is 11.1 Å². The van der Waals surface area contributed by atoms with Gasteiger partial charge in [0, 0.05) is 11.3 Å². The molecule has 5 heteroatoms. The summed E-state index contributed by atoms with van der Waals surface area (Å²) in [7, 11) is 1.27. The molecular formula is C13H20N2O3. The van der Waals surface area contributed by atoms with Gasteiger partial charge in [0.25, 0.3) is 5.91 Å². The van der Waals surface area contributed by atoms with Gasteiger partial charge in [-0.2, -0.15) is 0 Å². The molecule has 3 N–H and O–H groups in total. The lowest BCUT2D eigenvalue weighted by Crippen LogP contribution is -2.30. The number of hydrogen-bond donors (Lipinski definition) is 2. The maximum Gasteiger partial charge on any atom is 0.325 e. The zero-order valence-electron chi connectivity index (χ0n) is 11.2. The molecule has 0 aliphatic heterocycles. The molecule has 0 fully saturated rings. The number of rotatable bonds is 5. The molecule has 0 bridgehead atoms.